The van der Waals surface area contributed by atoms with Gasteiger partial charge in [0, 0.05) is 13.1 Å². The van der Waals surface area contributed by atoms with Gasteiger partial charge in [-0.3, -0.25) is 9.59 Å². The maximum Gasteiger partial charge on any atom is 0.291 e. The fourth-order valence-corrected chi connectivity index (χ4v) is 2.42. The monoisotopic (exact) mass is 272 g/mol. The standard InChI is InChI=1S/C15H16N2O3/c1-10-4-5-11-9-13(15(19)16-6-3-7-16)17(20-2)14(18)12(11)8-10/h4-5,8-9H,3,6-7H2,1-2H3. The van der Waals surface area contributed by atoms with Crippen molar-refractivity contribution >= 4 is 16.7 Å². The Kier molecular flexibility index (Phi) is 2.97. The van der Waals surface area contributed by atoms with Crippen LogP contribution in [0.4, 0.5) is 0 Å². The predicted molar refractivity (Wildman–Crippen MR) is 76.0 cm³/mol. The molecular weight excluding hydrogens is 256 g/mol. The number of carbonyl (C=O) groups is 1. The van der Waals surface area contributed by atoms with Gasteiger partial charge in [-0.15, -0.1) is 4.73 Å². The molecule has 20 heavy (non-hydrogen) atoms. The normalized spacial score (nSPS) is 14.2. The Hall–Kier alpha value is -2.30. The highest BCUT2D eigenvalue weighted by molar-refractivity contribution is 5.97. The summed E-state index contributed by atoms with van der Waals surface area (Å²) in [5.41, 5.74) is 0.991. The first-order chi connectivity index (χ1) is 9.61. The van der Waals surface area contributed by atoms with Crippen LogP contribution in [0.15, 0.2) is 29.1 Å². The molecular formula is C15H16N2O3. The van der Waals surface area contributed by atoms with Crippen molar-refractivity contribution in [1.82, 2.24) is 9.63 Å². The van der Waals surface area contributed by atoms with Crippen molar-refractivity contribution in [1.29, 1.82) is 0 Å². The van der Waals surface area contributed by atoms with Crippen molar-refractivity contribution in [3.05, 3.63) is 45.9 Å². The molecule has 1 fully saturated rings. The van der Waals surface area contributed by atoms with Gasteiger partial charge < -0.3 is 9.74 Å². The highest BCUT2D eigenvalue weighted by Gasteiger charge is 2.25. The first-order valence-corrected chi connectivity index (χ1v) is 6.62. The van der Waals surface area contributed by atoms with Crippen LogP contribution >= 0.6 is 0 Å². The Morgan fingerprint density at radius 2 is 2.00 bits per heavy atom. The van der Waals surface area contributed by atoms with E-state index in [1.165, 1.54) is 7.11 Å². The van der Waals surface area contributed by atoms with E-state index in [4.69, 9.17) is 4.84 Å². The minimum absolute atomic E-state index is 0.155. The molecule has 1 aliphatic rings. The van der Waals surface area contributed by atoms with Crippen molar-refractivity contribution in [3.8, 4) is 0 Å². The Morgan fingerprint density at radius 1 is 1.25 bits per heavy atom. The fraction of sp³-hybridized carbons (Fsp3) is 0.333. The van der Waals surface area contributed by atoms with E-state index in [1.807, 2.05) is 25.1 Å². The fourth-order valence-electron chi connectivity index (χ4n) is 2.42. The van der Waals surface area contributed by atoms with Crippen LogP contribution in [-0.4, -0.2) is 35.7 Å². The second-order valence-corrected chi connectivity index (χ2v) is 5.05. The van der Waals surface area contributed by atoms with Gasteiger partial charge in [-0.25, -0.2) is 0 Å². The lowest BCUT2D eigenvalue weighted by Gasteiger charge is -2.31. The molecule has 1 aromatic heterocycles. The Balaban J connectivity index is 2.23. The number of likely N-dealkylation sites (tertiary alicyclic amines) is 1. The summed E-state index contributed by atoms with van der Waals surface area (Å²) in [6.45, 7) is 3.40. The highest BCUT2D eigenvalue weighted by atomic mass is 16.7. The van der Waals surface area contributed by atoms with Crippen LogP contribution in [0.5, 0.6) is 0 Å². The lowest BCUT2D eigenvalue weighted by Crippen LogP contribution is -2.44. The summed E-state index contributed by atoms with van der Waals surface area (Å²) < 4.78 is 1.09. The van der Waals surface area contributed by atoms with Crippen molar-refractivity contribution in [2.45, 2.75) is 13.3 Å². The van der Waals surface area contributed by atoms with Crippen molar-refractivity contribution < 1.29 is 9.63 Å². The van der Waals surface area contributed by atoms with Crippen LogP contribution in [0.2, 0.25) is 0 Å². The van der Waals surface area contributed by atoms with Crippen LogP contribution in [0, 0.1) is 6.92 Å². The molecule has 3 rings (SSSR count). The summed E-state index contributed by atoms with van der Waals surface area (Å²) in [5.74, 6) is -0.155. The molecule has 5 nitrogen and oxygen atoms in total. The van der Waals surface area contributed by atoms with E-state index in [9.17, 15) is 9.59 Å². The molecule has 0 atom stereocenters. The molecule has 0 aliphatic carbocycles. The summed E-state index contributed by atoms with van der Waals surface area (Å²) in [4.78, 5) is 31.6. The molecule has 0 spiro atoms. The molecule has 0 N–H and O–H groups in total. The SMILES string of the molecule is COn1c(C(=O)N2CCC2)cc2ccc(C)cc2c1=O. The molecule has 0 bridgehead atoms. The Labute approximate surface area is 116 Å². The number of amides is 1. The number of rotatable bonds is 2. The molecule has 2 heterocycles. The smallest absolute Gasteiger partial charge is 0.291 e. The predicted octanol–water partition coefficient (Wildman–Crippen LogP) is 1.21. The summed E-state index contributed by atoms with van der Waals surface area (Å²) in [6.07, 6.45) is 1.01. The Bertz CT molecular complexity index is 745. The van der Waals surface area contributed by atoms with Crippen LogP contribution in [0.3, 0.4) is 0 Å². The molecule has 2 aromatic rings. The largest absolute Gasteiger partial charge is 0.413 e. The summed E-state index contributed by atoms with van der Waals surface area (Å²) in [7, 11) is 1.40. The average Bonchev–Trinajstić information content (AvgIpc) is 2.37. The molecule has 1 saturated heterocycles. The number of nitrogens with zero attached hydrogens (tertiary/aromatic N) is 2. The molecule has 0 unspecified atom stereocenters. The van der Waals surface area contributed by atoms with Gasteiger partial charge in [0.05, 0.1) is 5.39 Å². The molecule has 5 heteroatoms. The van der Waals surface area contributed by atoms with Gasteiger partial charge in [0.1, 0.15) is 12.8 Å². The van der Waals surface area contributed by atoms with Gasteiger partial charge in [0.2, 0.25) is 0 Å². The molecule has 104 valence electrons. The third-order valence-electron chi connectivity index (χ3n) is 3.68. The number of benzene rings is 1. The van der Waals surface area contributed by atoms with E-state index in [-0.39, 0.29) is 17.2 Å². The van der Waals surface area contributed by atoms with Gasteiger partial charge >= 0.3 is 0 Å². The van der Waals surface area contributed by atoms with Gasteiger partial charge in [-0.05, 0) is 30.9 Å². The Morgan fingerprint density at radius 3 is 2.60 bits per heavy atom. The molecule has 1 aromatic carbocycles. The number of hydrogen-bond donors (Lipinski definition) is 0. The number of hydrogen-bond acceptors (Lipinski definition) is 3. The van der Waals surface area contributed by atoms with Gasteiger partial charge in [-0.2, -0.15) is 0 Å². The average molecular weight is 272 g/mol. The molecule has 0 radical (unpaired) electrons. The third-order valence-corrected chi connectivity index (χ3v) is 3.68. The van der Waals surface area contributed by atoms with Crippen molar-refractivity contribution in [2.75, 3.05) is 20.2 Å². The van der Waals surface area contributed by atoms with E-state index in [2.05, 4.69) is 0 Å². The van der Waals surface area contributed by atoms with Crippen LogP contribution < -0.4 is 10.4 Å². The van der Waals surface area contributed by atoms with E-state index < -0.39 is 0 Å². The summed E-state index contributed by atoms with van der Waals surface area (Å²) in [6, 6.07) is 7.32. The number of carbonyl (C=O) groups excluding carboxylic acids is 1. The maximum atomic E-state index is 12.4. The molecule has 1 aliphatic heterocycles. The number of fused-ring (bicyclic) bond motifs is 1. The second kappa shape index (κ2) is 4.67. The third kappa shape index (κ3) is 1.86. The van der Waals surface area contributed by atoms with E-state index in [0.29, 0.717) is 5.39 Å². The van der Waals surface area contributed by atoms with Crippen LogP contribution in [0.1, 0.15) is 22.5 Å². The number of aryl methyl sites for hydroxylation is 1. The first-order valence-electron chi connectivity index (χ1n) is 6.62. The van der Waals surface area contributed by atoms with E-state index >= 15 is 0 Å². The van der Waals surface area contributed by atoms with Crippen LogP contribution in [0.25, 0.3) is 10.8 Å². The van der Waals surface area contributed by atoms with Gasteiger partial charge in [0.15, 0.2) is 0 Å². The zero-order valence-corrected chi connectivity index (χ0v) is 11.5. The summed E-state index contributed by atoms with van der Waals surface area (Å²) >= 11 is 0. The van der Waals surface area contributed by atoms with Crippen LogP contribution in [-0.2, 0) is 0 Å². The number of pyridine rings is 1. The lowest BCUT2D eigenvalue weighted by atomic mass is 10.1. The zero-order valence-electron chi connectivity index (χ0n) is 11.5. The topological polar surface area (TPSA) is 51.5 Å². The molecule has 1 amide bonds. The second-order valence-electron chi connectivity index (χ2n) is 5.05. The maximum absolute atomic E-state index is 12.4. The van der Waals surface area contributed by atoms with Gasteiger partial charge in [-0.1, -0.05) is 17.7 Å². The highest BCUT2D eigenvalue weighted by Crippen LogP contribution is 2.17. The van der Waals surface area contributed by atoms with Crippen molar-refractivity contribution in [2.24, 2.45) is 0 Å². The minimum Gasteiger partial charge on any atom is -0.413 e. The zero-order chi connectivity index (χ0) is 14.3. The van der Waals surface area contributed by atoms with E-state index in [0.717, 1.165) is 35.2 Å². The summed E-state index contributed by atoms with van der Waals surface area (Å²) in [5, 5.41) is 1.32. The van der Waals surface area contributed by atoms with E-state index in [1.54, 1.807) is 11.0 Å². The minimum atomic E-state index is -0.294. The molecule has 0 saturated carbocycles. The lowest BCUT2D eigenvalue weighted by molar-refractivity contribution is 0.0589. The van der Waals surface area contributed by atoms with Gasteiger partial charge in [0.25, 0.3) is 11.5 Å². The van der Waals surface area contributed by atoms with Crippen molar-refractivity contribution in [3.63, 3.8) is 0 Å². The quantitative estimate of drug-likeness (QED) is 0.826. The number of aromatic nitrogens is 1. The first kappa shape index (κ1) is 12.7.